The number of benzene rings is 1. The first-order valence-corrected chi connectivity index (χ1v) is 12.2. The Hall–Kier alpha value is -2.86. The molecule has 180 valence electrons. The van der Waals surface area contributed by atoms with Crippen molar-refractivity contribution >= 4 is 22.0 Å². The molecule has 9 nitrogen and oxygen atoms in total. The summed E-state index contributed by atoms with van der Waals surface area (Å²) >= 11 is 0. The maximum absolute atomic E-state index is 14.6. The molecule has 0 saturated carbocycles. The van der Waals surface area contributed by atoms with Gasteiger partial charge in [0.2, 0.25) is 0 Å². The summed E-state index contributed by atoms with van der Waals surface area (Å²) in [6.07, 6.45) is 4.16. The first-order valence-electron chi connectivity index (χ1n) is 10.3. The van der Waals surface area contributed by atoms with Crippen LogP contribution >= 0.6 is 0 Å². The molecular formula is C21H26F2N4O5S. The number of anilines is 1. The van der Waals surface area contributed by atoms with Crippen molar-refractivity contribution in [3.63, 3.8) is 0 Å². The van der Waals surface area contributed by atoms with Crippen molar-refractivity contribution in [3.05, 3.63) is 54.0 Å². The molecule has 0 radical (unpaired) electrons. The first-order chi connectivity index (χ1) is 15.5. The highest BCUT2D eigenvalue weighted by Gasteiger charge is 2.46. The van der Waals surface area contributed by atoms with E-state index in [4.69, 9.17) is 9.29 Å². The summed E-state index contributed by atoms with van der Waals surface area (Å²) in [5.41, 5.74) is 2.31. The normalized spacial score (nSPS) is 19.8. The van der Waals surface area contributed by atoms with Gasteiger partial charge in [0, 0.05) is 38.0 Å². The number of aromatic nitrogens is 2. The summed E-state index contributed by atoms with van der Waals surface area (Å²) in [5.74, 6) is -3.36. The summed E-state index contributed by atoms with van der Waals surface area (Å²) in [6.45, 7) is -0.281. The van der Waals surface area contributed by atoms with Gasteiger partial charge in [-0.3, -0.25) is 4.55 Å². The summed E-state index contributed by atoms with van der Waals surface area (Å²) in [5, 5.41) is 2.92. The summed E-state index contributed by atoms with van der Waals surface area (Å²) < 4.78 is 60.6. The second-order valence-electron chi connectivity index (χ2n) is 8.06. The van der Waals surface area contributed by atoms with Crippen LogP contribution in [0.5, 0.6) is 0 Å². The van der Waals surface area contributed by atoms with Gasteiger partial charge in [0.05, 0.1) is 12.8 Å². The molecule has 2 N–H and O–H groups in total. The van der Waals surface area contributed by atoms with Crippen LogP contribution < -0.4 is 5.32 Å². The molecule has 1 aliphatic heterocycles. The molecule has 1 atom stereocenters. The molecule has 0 spiro atoms. The molecule has 1 aromatic carbocycles. The van der Waals surface area contributed by atoms with E-state index in [2.05, 4.69) is 15.3 Å². The fraction of sp³-hybridized carbons (Fsp3) is 0.476. The zero-order valence-electron chi connectivity index (χ0n) is 18.0. The van der Waals surface area contributed by atoms with E-state index >= 15 is 0 Å². The molecular weight excluding hydrogens is 458 g/mol. The van der Waals surface area contributed by atoms with E-state index in [0.717, 1.165) is 16.0 Å². The van der Waals surface area contributed by atoms with Gasteiger partial charge in [0.1, 0.15) is 18.2 Å². The summed E-state index contributed by atoms with van der Waals surface area (Å²) in [6, 6.07) is 9.54. The Morgan fingerprint density at radius 2 is 1.91 bits per heavy atom. The van der Waals surface area contributed by atoms with Gasteiger partial charge in [0.15, 0.2) is 0 Å². The quantitative estimate of drug-likeness (QED) is 0.636. The van der Waals surface area contributed by atoms with Crippen LogP contribution in [0.15, 0.2) is 42.9 Å². The molecule has 1 saturated heterocycles. The minimum Gasteiger partial charge on any atom is -0.445 e. The number of carbonyl (C=O) groups is 1. The lowest BCUT2D eigenvalue weighted by Crippen LogP contribution is -2.53. The van der Waals surface area contributed by atoms with E-state index in [1.807, 2.05) is 24.3 Å². The van der Waals surface area contributed by atoms with Crippen LogP contribution in [0.2, 0.25) is 0 Å². The van der Waals surface area contributed by atoms with Crippen molar-refractivity contribution in [1.82, 2.24) is 14.9 Å². The molecule has 0 bridgehead atoms. The molecule has 1 aromatic heterocycles. The number of nitrogens with one attached hydrogen (secondary N) is 1. The van der Waals surface area contributed by atoms with Crippen LogP contribution in [0.1, 0.15) is 17.5 Å². The van der Waals surface area contributed by atoms with Crippen molar-refractivity contribution in [2.75, 3.05) is 31.2 Å². The highest BCUT2D eigenvalue weighted by atomic mass is 32.2. The van der Waals surface area contributed by atoms with E-state index in [1.165, 1.54) is 6.33 Å². The van der Waals surface area contributed by atoms with Gasteiger partial charge in [-0.05, 0) is 23.6 Å². The average Bonchev–Trinajstić information content (AvgIpc) is 3.14. The number of piperidine rings is 1. The minimum atomic E-state index is -3.67. The Labute approximate surface area is 190 Å². The lowest BCUT2D eigenvalue weighted by molar-refractivity contribution is -0.103. The van der Waals surface area contributed by atoms with Crippen LogP contribution in [0, 0.1) is 5.92 Å². The molecule has 1 unspecified atom stereocenters. The van der Waals surface area contributed by atoms with Crippen LogP contribution in [0.3, 0.4) is 0 Å². The van der Waals surface area contributed by atoms with E-state index in [9.17, 15) is 22.0 Å². The second-order valence-corrected chi connectivity index (χ2v) is 9.53. The molecule has 2 aliphatic rings. The third-order valence-corrected chi connectivity index (χ3v) is 5.40. The number of carbonyl (C=O) groups excluding carboxylic acids is 1. The first kappa shape index (κ1) is 24.8. The number of fused-ring (bicyclic) bond motifs is 1. The van der Waals surface area contributed by atoms with Gasteiger partial charge in [-0.15, -0.1) is 0 Å². The smallest absolute Gasteiger partial charge is 0.410 e. The molecule has 33 heavy (non-hydrogen) atoms. The Morgan fingerprint density at radius 3 is 2.45 bits per heavy atom. The third-order valence-electron chi connectivity index (χ3n) is 5.40. The Balaban J connectivity index is 0.000000555. The van der Waals surface area contributed by atoms with E-state index < -0.39 is 34.6 Å². The Morgan fingerprint density at radius 1 is 1.27 bits per heavy atom. The number of likely N-dealkylation sites (tertiary alicyclic amines) is 1. The molecule has 1 fully saturated rings. The van der Waals surface area contributed by atoms with Gasteiger partial charge >= 0.3 is 6.09 Å². The zero-order valence-corrected chi connectivity index (χ0v) is 18.8. The predicted octanol–water partition coefficient (Wildman–Crippen LogP) is 2.65. The third kappa shape index (κ3) is 7.60. The Bertz CT molecular complexity index is 1020. The van der Waals surface area contributed by atoms with Gasteiger partial charge in [0.25, 0.3) is 16.0 Å². The summed E-state index contributed by atoms with van der Waals surface area (Å²) in [4.78, 5) is 21.3. The van der Waals surface area contributed by atoms with Gasteiger partial charge < -0.3 is 15.0 Å². The predicted molar refractivity (Wildman–Crippen MR) is 117 cm³/mol. The van der Waals surface area contributed by atoms with Crippen molar-refractivity contribution in [3.8, 4) is 0 Å². The van der Waals surface area contributed by atoms with E-state index in [-0.39, 0.29) is 25.6 Å². The molecule has 4 rings (SSSR count). The number of rotatable bonds is 4. The largest absolute Gasteiger partial charge is 0.445 e. The number of hydrogen-bond acceptors (Lipinski definition) is 7. The van der Waals surface area contributed by atoms with Crippen molar-refractivity contribution in [1.29, 1.82) is 0 Å². The Kier molecular flexibility index (Phi) is 7.80. The highest BCUT2D eigenvalue weighted by molar-refractivity contribution is 7.85. The van der Waals surface area contributed by atoms with Crippen molar-refractivity contribution < 1.29 is 31.3 Å². The standard InChI is InChI=1S/C20H22F2N4O2.CH4O3S/c21-20(22)12-26(8-6-16(20)11-24-18-5-7-23-13-25-18)19(27)28-17-9-14-3-1-2-4-15(14)10-17;1-5(2,3)4/h1-5,7,13,16-17H,6,8-12H2,(H,23,24,25);1H3,(H,2,3,4). The lowest BCUT2D eigenvalue weighted by Gasteiger charge is -2.38. The van der Waals surface area contributed by atoms with Crippen molar-refractivity contribution in [2.24, 2.45) is 5.92 Å². The molecule has 1 aliphatic carbocycles. The van der Waals surface area contributed by atoms with Gasteiger partial charge in [-0.1, -0.05) is 24.3 Å². The number of hydrogen-bond donors (Lipinski definition) is 2. The average molecular weight is 485 g/mol. The SMILES string of the molecule is CS(=O)(=O)O.O=C(OC1Cc2ccccc2C1)N1CCC(CNc2ccncn2)C(F)(F)C1. The molecule has 2 heterocycles. The number of ether oxygens (including phenoxy) is 1. The van der Waals surface area contributed by atoms with Crippen LogP contribution in [0.4, 0.5) is 19.4 Å². The number of nitrogens with zero attached hydrogens (tertiary/aromatic N) is 3. The second kappa shape index (κ2) is 10.4. The minimum absolute atomic E-state index is 0.0881. The summed E-state index contributed by atoms with van der Waals surface area (Å²) in [7, 11) is -3.67. The monoisotopic (exact) mass is 484 g/mol. The van der Waals surface area contributed by atoms with E-state index in [1.54, 1.807) is 12.3 Å². The van der Waals surface area contributed by atoms with Crippen molar-refractivity contribution in [2.45, 2.75) is 31.3 Å². The highest BCUT2D eigenvalue weighted by Crippen LogP contribution is 2.34. The van der Waals surface area contributed by atoms with Crippen LogP contribution in [-0.4, -0.2) is 71.8 Å². The number of amides is 1. The number of halogens is 2. The molecule has 2 aromatic rings. The lowest BCUT2D eigenvalue weighted by atomic mass is 9.93. The fourth-order valence-corrected chi connectivity index (χ4v) is 3.83. The van der Waals surface area contributed by atoms with Gasteiger partial charge in [-0.25, -0.2) is 23.5 Å². The number of alkyl halides is 2. The van der Waals surface area contributed by atoms with E-state index in [0.29, 0.717) is 24.9 Å². The van der Waals surface area contributed by atoms with Crippen LogP contribution in [0.25, 0.3) is 0 Å². The fourth-order valence-electron chi connectivity index (χ4n) is 3.83. The maximum Gasteiger partial charge on any atom is 0.410 e. The molecule has 12 heteroatoms. The van der Waals surface area contributed by atoms with Crippen LogP contribution in [-0.2, 0) is 27.7 Å². The maximum atomic E-state index is 14.6. The zero-order chi connectivity index (χ0) is 24.1. The topological polar surface area (TPSA) is 122 Å². The molecule has 1 amide bonds. The van der Waals surface area contributed by atoms with Gasteiger partial charge in [-0.2, -0.15) is 8.42 Å².